The van der Waals surface area contributed by atoms with Gasteiger partial charge in [0, 0.05) is 0 Å². The number of amides is 1. The number of nitrogens with one attached hydrogen (secondary N) is 1. The van der Waals surface area contributed by atoms with Gasteiger partial charge in [-0.2, -0.15) is 0 Å². The van der Waals surface area contributed by atoms with E-state index in [9.17, 15) is 9.59 Å². The van der Waals surface area contributed by atoms with Crippen molar-refractivity contribution in [2.75, 3.05) is 7.11 Å². The van der Waals surface area contributed by atoms with Crippen molar-refractivity contribution in [2.45, 2.75) is 57.6 Å². The van der Waals surface area contributed by atoms with Crippen molar-refractivity contribution in [3.05, 3.63) is 0 Å². The summed E-state index contributed by atoms with van der Waals surface area (Å²) in [6.45, 7) is 2.16. The summed E-state index contributed by atoms with van der Waals surface area (Å²) >= 11 is 0. The summed E-state index contributed by atoms with van der Waals surface area (Å²) in [6, 6.07) is -0.640. The van der Waals surface area contributed by atoms with Crippen molar-refractivity contribution in [2.24, 2.45) is 0 Å². The fraction of sp³-hybridized carbons (Fsp3) is 0.833. The lowest BCUT2D eigenvalue weighted by atomic mass is 10.0. The monoisotopic (exact) mass is 243 g/mol. The average molecular weight is 243 g/mol. The van der Waals surface area contributed by atoms with Crippen LogP contribution in [0.2, 0.25) is 0 Å². The van der Waals surface area contributed by atoms with E-state index in [4.69, 9.17) is 4.74 Å². The van der Waals surface area contributed by atoms with Gasteiger partial charge in [-0.3, -0.25) is 0 Å². The molecule has 1 rings (SSSR count). The molecule has 1 fully saturated rings. The largest absolute Gasteiger partial charge is 0.467 e. The number of ether oxygens (including phenoxy) is 2. The normalized spacial score (nSPS) is 23.1. The summed E-state index contributed by atoms with van der Waals surface area (Å²) in [6.07, 6.45) is 5.49. The molecule has 1 N–H and O–H groups in total. The van der Waals surface area contributed by atoms with Gasteiger partial charge in [-0.05, 0) is 12.8 Å². The number of rotatable bonds is 7. The molecule has 0 radical (unpaired) electrons. The van der Waals surface area contributed by atoms with Gasteiger partial charge >= 0.3 is 12.1 Å². The molecule has 0 aromatic heterocycles. The first-order valence-corrected chi connectivity index (χ1v) is 6.24. The topological polar surface area (TPSA) is 64.6 Å². The summed E-state index contributed by atoms with van der Waals surface area (Å²) in [5, 5.41) is 2.47. The molecular formula is C12H21NO4. The molecule has 17 heavy (non-hydrogen) atoms. The predicted octanol–water partition coefficient (Wildman–Crippen LogP) is 2.00. The van der Waals surface area contributed by atoms with Gasteiger partial charge in [0.05, 0.1) is 7.11 Å². The predicted molar refractivity (Wildman–Crippen MR) is 62.6 cm³/mol. The van der Waals surface area contributed by atoms with Crippen molar-refractivity contribution >= 4 is 12.1 Å². The lowest BCUT2D eigenvalue weighted by Gasteiger charge is -2.14. The Kier molecular flexibility index (Phi) is 5.80. The lowest BCUT2D eigenvalue weighted by molar-refractivity contribution is -0.144. The standard InChI is InChI=1S/C12H21NO4/c1-3-4-5-6-7-8-9-10(11(14)16-2)13-12(15)17-9/h9-10H,3-8H2,1-2H3,(H,13,15). The van der Waals surface area contributed by atoms with Crippen LogP contribution in [0.5, 0.6) is 0 Å². The fourth-order valence-electron chi connectivity index (χ4n) is 1.97. The van der Waals surface area contributed by atoms with E-state index in [0.29, 0.717) is 6.42 Å². The van der Waals surface area contributed by atoms with Crippen LogP contribution in [-0.4, -0.2) is 31.3 Å². The second-order valence-corrected chi connectivity index (χ2v) is 4.29. The second-order valence-electron chi connectivity index (χ2n) is 4.29. The van der Waals surface area contributed by atoms with Crippen LogP contribution < -0.4 is 5.32 Å². The van der Waals surface area contributed by atoms with Crippen LogP contribution >= 0.6 is 0 Å². The van der Waals surface area contributed by atoms with E-state index in [1.807, 2.05) is 0 Å². The third-order valence-electron chi connectivity index (χ3n) is 2.95. The van der Waals surface area contributed by atoms with Gasteiger partial charge in [0.25, 0.3) is 0 Å². The molecule has 0 aromatic carbocycles. The number of unbranched alkanes of at least 4 members (excludes halogenated alkanes) is 4. The van der Waals surface area contributed by atoms with Crippen LogP contribution in [0.3, 0.4) is 0 Å². The Morgan fingerprint density at radius 1 is 1.35 bits per heavy atom. The third kappa shape index (κ3) is 4.24. The Bertz CT molecular complexity index is 267. The first kappa shape index (κ1) is 13.8. The molecule has 1 aliphatic heterocycles. The van der Waals surface area contributed by atoms with E-state index < -0.39 is 18.1 Å². The average Bonchev–Trinajstić information content (AvgIpc) is 2.69. The number of esters is 1. The maximum Gasteiger partial charge on any atom is 0.408 e. The zero-order valence-electron chi connectivity index (χ0n) is 10.5. The van der Waals surface area contributed by atoms with Crippen LogP contribution in [-0.2, 0) is 14.3 Å². The number of cyclic esters (lactones) is 1. The van der Waals surface area contributed by atoms with Crippen molar-refractivity contribution in [1.82, 2.24) is 5.32 Å². The first-order valence-electron chi connectivity index (χ1n) is 6.24. The summed E-state index contributed by atoms with van der Waals surface area (Å²) < 4.78 is 9.68. The molecule has 0 bridgehead atoms. The third-order valence-corrected chi connectivity index (χ3v) is 2.95. The van der Waals surface area contributed by atoms with Crippen molar-refractivity contribution in [1.29, 1.82) is 0 Å². The van der Waals surface area contributed by atoms with Gasteiger partial charge in [0.1, 0.15) is 6.10 Å². The Morgan fingerprint density at radius 2 is 2.06 bits per heavy atom. The Morgan fingerprint density at radius 3 is 2.71 bits per heavy atom. The van der Waals surface area contributed by atoms with E-state index >= 15 is 0 Å². The van der Waals surface area contributed by atoms with E-state index in [1.165, 1.54) is 26.4 Å². The molecule has 1 saturated heterocycles. The van der Waals surface area contributed by atoms with E-state index in [0.717, 1.165) is 12.8 Å². The Labute approximate surface area is 102 Å². The minimum absolute atomic E-state index is 0.378. The van der Waals surface area contributed by atoms with Gasteiger partial charge in [0.15, 0.2) is 6.04 Å². The summed E-state index contributed by atoms with van der Waals surface area (Å²) in [5.74, 6) is -0.436. The maximum absolute atomic E-state index is 11.4. The number of carbonyl (C=O) groups excluding carboxylic acids is 2. The van der Waals surface area contributed by atoms with Crippen molar-refractivity contribution < 1.29 is 19.1 Å². The quantitative estimate of drug-likeness (QED) is 0.548. The number of hydrogen-bond acceptors (Lipinski definition) is 4. The van der Waals surface area contributed by atoms with Crippen LogP contribution in [0.15, 0.2) is 0 Å². The van der Waals surface area contributed by atoms with E-state index in [1.54, 1.807) is 0 Å². The number of hydrogen-bond donors (Lipinski definition) is 1. The molecule has 1 heterocycles. The van der Waals surface area contributed by atoms with Crippen LogP contribution in [0.25, 0.3) is 0 Å². The number of methoxy groups -OCH3 is 1. The molecule has 5 nitrogen and oxygen atoms in total. The zero-order chi connectivity index (χ0) is 12.7. The second kappa shape index (κ2) is 7.14. The van der Waals surface area contributed by atoms with Gasteiger partial charge in [-0.1, -0.05) is 32.6 Å². The molecular weight excluding hydrogens is 222 g/mol. The molecule has 1 aliphatic rings. The van der Waals surface area contributed by atoms with Gasteiger partial charge in [0.2, 0.25) is 0 Å². The summed E-state index contributed by atoms with van der Waals surface area (Å²) in [5.41, 5.74) is 0. The van der Waals surface area contributed by atoms with Gasteiger partial charge < -0.3 is 14.8 Å². The first-order chi connectivity index (χ1) is 8.19. The molecule has 98 valence electrons. The minimum Gasteiger partial charge on any atom is -0.467 e. The molecule has 2 atom stereocenters. The molecule has 0 aliphatic carbocycles. The molecule has 2 unspecified atom stereocenters. The summed E-state index contributed by atoms with van der Waals surface area (Å²) in [7, 11) is 1.31. The minimum atomic E-state index is -0.640. The van der Waals surface area contributed by atoms with E-state index in [2.05, 4.69) is 17.0 Å². The smallest absolute Gasteiger partial charge is 0.408 e. The highest BCUT2D eigenvalue weighted by atomic mass is 16.6. The SMILES string of the molecule is CCCCCCCC1OC(=O)NC1C(=O)OC. The highest BCUT2D eigenvalue weighted by Crippen LogP contribution is 2.17. The van der Waals surface area contributed by atoms with Crippen LogP contribution in [0.1, 0.15) is 45.4 Å². The lowest BCUT2D eigenvalue weighted by Crippen LogP contribution is -2.40. The molecule has 5 heteroatoms. The fourth-order valence-corrected chi connectivity index (χ4v) is 1.97. The Balaban J connectivity index is 2.30. The summed E-state index contributed by atoms with van der Waals surface area (Å²) in [4.78, 5) is 22.5. The van der Waals surface area contributed by atoms with Crippen molar-refractivity contribution in [3.63, 3.8) is 0 Å². The highest BCUT2D eigenvalue weighted by Gasteiger charge is 2.39. The van der Waals surface area contributed by atoms with Crippen LogP contribution in [0, 0.1) is 0 Å². The van der Waals surface area contributed by atoms with Gasteiger partial charge in [-0.25, -0.2) is 9.59 Å². The highest BCUT2D eigenvalue weighted by molar-refractivity contribution is 5.84. The van der Waals surface area contributed by atoms with Gasteiger partial charge in [-0.15, -0.1) is 0 Å². The van der Waals surface area contributed by atoms with E-state index in [-0.39, 0.29) is 6.10 Å². The maximum atomic E-state index is 11.4. The molecule has 1 amide bonds. The molecule has 0 spiro atoms. The Hall–Kier alpha value is -1.26. The van der Waals surface area contributed by atoms with Crippen LogP contribution in [0.4, 0.5) is 4.79 Å². The molecule has 0 aromatic rings. The number of alkyl carbamates (subject to hydrolysis) is 1. The van der Waals surface area contributed by atoms with Crippen molar-refractivity contribution in [3.8, 4) is 0 Å². The number of carbonyl (C=O) groups is 2. The zero-order valence-corrected chi connectivity index (χ0v) is 10.5. The molecule has 0 saturated carbocycles.